The average molecular weight is 377 g/mol. The number of anilines is 1. The van der Waals surface area contributed by atoms with Crippen LogP contribution in [0.2, 0.25) is 0 Å². The minimum Gasteiger partial charge on any atom is -0.369 e. The number of rotatable bonds is 8. The van der Waals surface area contributed by atoms with Crippen molar-refractivity contribution in [3.05, 3.63) is 36.4 Å². The Kier molecular flexibility index (Phi) is 6.01. The van der Waals surface area contributed by atoms with Gasteiger partial charge in [-0.2, -0.15) is 13.2 Å². The van der Waals surface area contributed by atoms with E-state index >= 15 is 0 Å². The van der Waals surface area contributed by atoms with Gasteiger partial charge >= 0.3 is 6.18 Å². The minimum absolute atomic E-state index is 0.0535. The van der Waals surface area contributed by atoms with Crippen molar-refractivity contribution in [2.45, 2.75) is 19.5 Å². The fraction of sp³-hybridized carbons (Fsp3) is 0.429. The molecule has 0 aliphatic carbocycles. The molecule has 25 heavy (non-hydrogen) atoms. The molecule has 138 valence electrons. The molecule has 0 unspecified atom stereocenters. The molecular formula is C14H18F3N5O2S. The zero-order valence-electron chi connectivity index (χ0n) is 13.4. The standard InChI is InChI=1S/C14H18F3N5O2S/c1-11-20-12(10-13(21-11)22-7-2-3-8-22)18-5-6-19-25(23,24)9-4-14(15,16)17/h2-3,7-8,10,19H,4-6,9H2,1H3,(H,18,20,21). The highest BCUT2D eigenvalue weighted by Crippen LogP contribution is 2.19. The first-order valence-electron chi connectivity index (χ1n) is 7.42. The molecule has 2 heterocycles. The lowest BCUT2D eigenvalue weighted by molar-refractivity contribution is -0.129. The van der Waals surface area contributed by atoms with Gasteiger partial charge in [0.25, 0.3) is 0 Å². The first-order valence-corrected chi connectivity index (χ1v) is 9.07. The predicted octanol–water partition coefficient (Wildman–Crippen LogP) is 1.86. The molecule has 0 radical (unpaired) electrons. The fourth-order valence-corrected chi connectivity index (χ4v) is 3.04. The summed E-state index contributed by atoms with van der Waals surface area (Å²) in [5.74, 6) is 0.678. The third-order valence-corrected chi connectivity index (χ3v) is 4.49. The first-order chi connectivity index (χ1) is 11.6. The van der Waals surface area contributed by atoms with Crippen molar-refractivity contribution < 1.29 is 21.6 Å². The van der Waals surface area contributed by atoms with Gasteiger partial charge < -0.3 is 9.88 Å². The van der Waals surface area contributed by atoms with Crippen LogP contribution in [0.4, 0.5) is 19.0 Å². The molecule has 11 heteroatoms. The summed E-state index contributed by atoms with van der Waals surface area (Å²) in [4.78, 5) is 8.47. The van der Waals surface area contributed by atoms with Gasteiger partial charge in [0.2, 0.25) is 10.0 Å². The molecule has 0 aromatic carbocycles. The lowest BCUT2D eigenvalue weighted by Crippen LogP contribution is -2.32. The third-order valence-electron chi connectivity index (χ3n) is 3.10. The van der Waals surface area contributed by atoms with E-state index in [2.05, 4.69) is 20.0 Å². The second-order valence-corrected chi connectivity index (χ2v) is 7.18. The molecule has 0 amide bonds. The van der Waals surface area contributed by atoms with Crippen molar-refractivity contribution in [1.29, 1.82) is 0 Å². The minimum atomic E-state index is -4.50. The summed E-state index contributed by atoms with van der Waals surface area (Å²) >= 11 is 0. The van der Waals surface area contributed by atoms with E-state index in [0.29, 0.717) is 17.5 Å². The molecule has 2 N–H and O–H groups in total. The summed E-state index contributed by atoms with van der Waals surface area (Å²) in [5, 5.41) is 2.92. The van der Waals surface area contributed by atoms with E-state index in [0.717, 1.165) is 0 Å². The van der Waals surface area contributed by atoms with Crippen LogP contribution in [-0.4, -0.2) is 48.0 Å². The molecule has 0 saturated carbocycles. The third kappa shape index (κ3) is 6.70. The fourth-order valence-electron chi connectivity index (χ4n) is 1.98. The highest BCUT2D eigenvalue weighted by molar-refractivity contribution is 7.89. The highest BCUT2D eigenvalue weighted by Gasteiger charge is 2.29. The van der Waals surface area contributed by atoms with Crippen LogP contribution in [0, 0.1) is 6.92 Å². The zero-order valence-corrected chi connectivity index (χ0v) is 14.2. The summed E-state index contributed by atoms with van der Waals surface area (Å²) in [5.41, 5.74) is 0. The van der Waals surface area contributed by atoms with Crippen LogP contribution >= 0.6 is 0 Å². The van der Waals surface area contributed by atoms with E-state index in [4.69, 9.17) is 0 Å². The van der Waals surface area contributed by atoms with Gasteiger partial charge in [-0.15, -0.1) is 0 Å². The average Bonchev–Trinajstić information content (AvgIpc) is 3.03. The lowest BCUT2D eigenvalue weighted by Gasteiger charge is -2.11. The number of alkyl halides is 3. The number of hydrogen-bond donors (Lipinski definition) is 2. The summed E-state index contributed by atoms with van der Waals surface area (Å²) < 4.78 is 63.1. The van der Waals surface area contributed by atoms with Crippen molar-refractivity contribution >= 4 is 15.8 Å². The van der Waals surface area contributed by atoms with Crippen LogP contribution < -0.4 is 10.0 Å². The van der Waals surface area contributed by atoms with Gasteiger partial charge in [-0.1, -0.05) is 0 Å². The normalized spacial score (nSPS) is 12.3. The lowest BCUT2D eigenvalue weighted by atomic mass is 10.4. The first kappa shape index (κ1) is 19.2. The molecule has 0 spiro atoms. The van der Waals surface area contributed by atoms with Crippen LogP contribution in [0.15, 0.2) is 30.6 Å². The molecule has 0 aliphatic rings. The maximum absolute atomic E-state index is 12.1. The summed E-state index contributed by atoms with van der Waals surface area (Å²) in [6.07, 6.45) is -2.23. The van der Waals surface area contributed by atoms with E-state index in [1.807, 2.05) is 24.5 Å². The zero-order chi connectivity index (χ0) is 18.5. The van der Waals surface area contributed by atoms with E-state index in [9.17, 15) is 21.6 Å². The van der Waals surface area contributed by atoms with E-state index < -0.39 is 28.4 Å². The Hall–Kier alpha value is -2.14. The van der Waals surface area contributed by atoms with Crippen molar-refractivity contribution in [1.82, 2.24) is 19.3 Å². The molecular weight excluding hydrogens is 359 g/mol. The van der Waals surface area contributed by atoms with Gasteiger partial charge in [-0.25, -0.2) is 23.1 Å². The maximum Gasteiger partial charge on any atom is 0.390 e. The molecule has 0 saturated heterocycles. The molecule has 0 atom stereocenters. The SMILES string of the molecule is Cc1nc(NCCNS(=O)(=O)CCC(F)(F)F)cc(-n2cccc2)n1. The molecule has 2 aromatic rings. The second kappa shape index (κ2) is 7.83. The Morgan fingerprint density at radius 3 is 2.48 bits per heavy atom. The smallest absolute Gasteiger partial charge is 0.369 e. The van der Waals surface area contributed by atoms with Crippen molar-refractivity contribution in [2.24, 2.45) is 0 Å². The van der Waals surface area contributed by atoms with Crippen LogP contribution in [0.3, 0.4) is 0 Å². The number of nitrogens with zero attached hydrogens (tertiary/aromatic N) is 3. The van der Waals surface area contributed by atoms with Crippen LogP contribution in [0.25, 0.3) is 5.82 Å². The van der Waals surface area contributed by atoms with Gasteiger partial charge in [0.05, 0.1) is 12.2 Å². The number of nitrogens with one attached hydrogen (secondary N) is 2. The van der Waals surface area contributed by atoms with Crippen molar-refractivity contribution in [2.75, 3.05) is 24.2 Å². The molecule has 0 aliphatic heterocycles. The Morgan fingerprint density at radius 1 is 1.16 bits per heavy atom. The van der Waals surface area contributed by atoms with Gasteiger partial charge in [-0.05, 0) is 19.1 Å². The Labute approximate surface area is 143 Å². The number of hydrogen-bond acceptors (Lipinski definition) is 5. The number of aromatic nitrogens is 3. The highest BCUT2D eigenvalue weighted by atomic mass is 32.2. The van der Waals surface area contributed by atoms with Gasteiger partial charge in [0, 0.05) is 31.5 Å². The number of sulfonamides is 1. The molecule has 2 rings (SSSR count). The van der Waals surface area contributed by atoms with Gasteiger partial charge in [0.1, 0.15) is 17.5 Å². The number of halogens is 3. The second-order valence-electron chi connectivity index (χ2n) is 5.25. The molecule has 0 bridgehead atoms. The molecule has 0 fully saturated rings. The Balaban J connectivity index is 1.86. The molecule has 2 aromatic heterocycles. The van der Waals surface area contributed by atoms with E-state index in [1.165, 1.54) is 0 Å². The van der Waals surface area contributed by atoms with Gasteiger partial charge in [-0.3, -0.25) is 0 Å². The Morgan fingerprint density at radius 2 is 1.84 bits per heavy atom. The van der Waals surface area contributed by atoms with E-state index in [1.54, 1.807) is 17.6 Å². The summed E-state index contributed by atoms with van der Waals surface area (Å²) in [6.45, 7) is 1.84. The maximum atomic E-state index is 12.1. The monoisotopic (exact) mass is 377 g/mol. The molecule has 7 nitrogen and oxygen atoms in total. The van der Waals surface area contributed by atoms with Crippen LogP contribution in [0.1, 0.15) is 12.2 Å². The quantitative estimate of drug-likeness (QED) is 0.686. The van der Waals surface area contributed by atoms with Crippen LogP contribution in [0.5, 0.6) is 0 Å². The van der Waals surface area contributed by atoms with E-state index in [-0.39, 0.29) is 13.1 Å². The van der Waals surface area contributed by atoms with Crippen molar-refractivity contribution in [3.63, 3.8) is 0 Å². The number of aryl methyl sites for hydroxylation is 1. The summed E-state index contributed by atoms with van der Waals surface area (Å²) in [6, 6.07) is 5.38. The predicted molar refractivity (Wildman–Crippen MR) is 87.0 cm³/mol. The topological polar surface area (TPSA) is 88.9 Å². The summed E-state index contributed by atoms with van der Waals surface area (Å²) in [7, 11) is -3.97. The van der Waals surface area contributed by atoms with Crippen LogP contribution in [-0.2, 0) is 10.0 Å². The largest absolute Gasteiger partial charge is 0.390 e. The van der Waals surface area contributed by atoms with Gasteiger partial charge in [0.15, 0.2) is 0 Å². The Bertz CT molecular complexity index is 791. The van der Waals surface area contributed by atoms with Crippen molar-refractivity contribution in [3.8, 4) is 5.82 Å².